The number of carbonyl (C=O) groups excluding carboxylic acids is 1. The number of hydrogen-bond donors (Lipinski definition) is 0. The first-order valence-corrected chi connectivity index (χ1v) is 5.86. The Kier molecular flexibility index (Phi) is 3.05. The molecule has 4 heteroatoms. The number of rotatable bonds is 1. The molecule has 0 saturated carbocycles. The van der Waals surface area contributed by atoms with Gasteiger partial charge in [-0.2, -0.15) is 0 Å². The maximum Gasteiger partial charge on any atom is 0.303 e. The second-order valence-electron chi connectivity index (χ2n) is 3.62. The minimum Gasteiger partial charge on any atom is -0.456 e. The van der Waals surface area contributed by atoms with Crippen molar-refractivity contribution in [3.05, 3.63) is 29.6 Å². The molecule has 0 N–H and O–H groups in total. The van der Waals surface area contributed by atoms with Crippen LogP contribution in [0.5, 0.6) is 0 Å². The summed E-state index contributed by atoms with van der Waals surface area (Å²) in [6.45, 7) is 1.43. The average molecular weight is 270 g/mol. The van der Waals surface area contributed by atoms with Crippen LogP contribution in [0.1, 0.15) is 42.0 Å². The fraction of sp³-hybridized carbons (Fsp3) is 0.455. The van der Waals surface area contributed by atoms with Crippen molar-refractivity contribution in [3.63, 3.8) is 0 Å². The third-order valence-electron chi connectivity index (χ3n) is 2.50. The molecule has 1 aromatic heterocycles. The molecule has 0 fully saturated rings. The number of ether oxygens (including phenoxy) is 1. The van der Waals surface area contributed by atoms with Gasteiger partial charge in [0.1, 0.15) is 6.10 Å². The van der Waals surface area contributed by atoms with E-state index in [1.807, 2.05) is 12.1 Å². The van der Waals surface area contributed by atoms with Gasteiger partial charge in [-0.1, -0.05) is 22.0 Å². The van der Waals surface area contributed by atoms with Crippen molar-refractivity contribution in [3.8, 4) is 0 Å². The monoisotopic (exact) mass is 269 g/mol. The molecule has 0 aromatic carbocycles. The Morgan fingerprint density at radius 1 is 1.60 bits per heavy atom. The van der Waals surface area contributed by atoms with Crippen LogP contribution < -0.4 is 0 Å². The summed E-state index contributed by atoms with van der Waals surface area (Å²) in [5, 5.41) is 0. The normalized spacial score (nSPS) is 24.4. The number of esters is 1. The zero-order valence-electron chi connectivity index (χ0n) is 8.44. The van der Waals surface area contributed by atoms with Crippen LogP contribution in [0.2, 0.25) is 0 Å². The molecule has 1 heterocycles. The second kappa shape index (κ2) is 4.31. The van der Waals surface area contributed by atoms with Gasteiger partial charge in [-0.05, 0) is 24.5 Å². The summed E-state index contributed by atoms with van der Waals surface area (Å²) in [5.41, 5.74) is 2.02. The van der Waals surface area contributed by atoms with Gasteiger partial charge in [0.2, 0.25) is 0 Å². The number of pyridine rings is 1. The van der Waals surface area contributed by atoms with Crippen LogP contribution in [-0.4, -0.2) is 11.0 Å². The largest absolute Gasteiger partial charge is 0.456 e. The molecule has 15 heavy (non-hydrogen) atoms. The Morgan fingerprint density at radius 2 is 2.40 bits per heavy atom. The minimum absolute atomic E-state index is 0.174. The third kappa shape index (κ3) is 2.20. The lowest BCUT2D eigenvalue weighted by molar-refractivity contribution is -0.147. The molecule has 80 valence electrons. The van der Waals surface area contributed by atoms with Gasteiger partial charge in [0.15, 0.2) is 0 Å². The molecule has 1 aromatic rings. The SMILES string of the molecule is CC(=O)O[C@H]1CC[C@@H](Br)c2cccnc21. The molecule has 0 radical (unpaired) electrons. The Morgan fingerprint density at radius 3 is 3.13 bits per heavy atom. The Labute approximate surface area is 97.0 Å². The molecule has 3 nitrogen and oxygen atoms in total. The molecule has 1 aliphatic rings. The Balaban J connectivity index is 2.31. The summed E-state index contributed by atoms with van der Waals surface area (Å²) < 4.78 is 5.24. The van der Waals surface area contributed by atoms with E-state index in [4.69, 9.17) is 4.74 Å². The molecule has 0 amide bonds. The maximum absolute atomic E-state index is 10.9. The number of halogens is 1. The van der Waals surface area contributed by atoms with E-state index in [0.29, 0.717) is 4.83 Å². The summed E-state index contributed by atoms with van der Waals surface area (Å²) in [5.74, 6) is -0.246. The number of fused-ring (bicyclic) bond motifs is 1. The first-order valence-electron chi connectivity index (χ1n) is 4.94. The fourth-order valence-corrected chi connectivity index (χ4v) is 2.52. The average Bonchev–Trinajstić information content (AvgIpc) is 2.22. The highest BCUT2D eigenvalue weighted by atomic mass is 79.9. The van der Waals surface area contributed by atoms with Gasteiger partial charge in [-0.25, -0.2) is 0 Å². The summed E-state index contributed by atoms with van der Waals surface area (Å²) in [6, 6.07) is 3.93. The lowest BCUT2D eigenvalue weighted by Gasteiger charge is -2.26. The predicted molar refractivity (Wildman–Crippen MR) is 59.6 cm³/mol. The first-order chi connectivity index (χ1) is 7.18. The van der Waals surface area contributed by atoms with Crippen LogP contribution in [0.4, 0.5) is 0 Å². The molecular weight excluding hydrogens is 258 g/mol. The number of nitrogens with zero attached hydrogens (tertiary/aromatic N) is 1. The lowest BCUT2D eigenvalue weighted by atomic mass is 9.93. The van der Waals surface area contributed by atoms with Gasteiger partial charge in [-0.3, -0.25) is 9.78 Å². The van der Waals surface area contributed by atoms with Gasteiger partial charge >= 0.3 is 5.97 Å². The highest BCUT2D eigenvalue weighted by Crippen LogP contribution is 2.41. The molecule has 0 unspecified atom stereocenters. The molecule has 2 atom stereocenters. The van der Waals surface area contributed by atoms with E-state index in [-0.39, 0.29) is 12.1 Å². The van der Waals surface area contributed by atoms with Crippen LogP contribution in [0.15, 0.2) is 18.3 Å². The molecule has 1 aliphatic carbocycles. The molecule has 2 rings (SSSR count). The summed E-state index contributed by atoms with van der Waals surface area (Å²) >= 11 is 3.60. The highest BCUT2D eigenvalue weighted by Gasteiger charge is 2.28. The van der Waals surface area contributed by atoms with E-state index >= 15 is 0 Å². The van der Waals surface area contributed by atoms with Crippen molar-refractivity contribution in [2.75, 3.05) is 0 Å². The molecule has 0 spiro atoms. The topological polar surface area (TPSA) is 39.2 Å². The number of aromatic nitrogens is 1. The van der Waals surface area contributed by atoms with Crippen molar-refractivity contribution < 1.29 is 9.53 Å². The molecule has 0 saturated heterocycles. The van der Waals surface area contributed by atoms with Crippen LogP contribution >= 0.6 is 15.9 Å². The van der Waals surface area contributed by atoms with Crippen LogP contribution in [0.25, 0.3) is 0 Å². The standard InChI is InChI=1S/C11H12BrNO2/c1-7(14)15-10-5-4-9(12)8-3-2-6-13-11(8)10/h2-3,6,9-10H,4-5H2,1H3/t9-,10+/m1/s1. The number of carbonyl (C=O) groups is 1. The van der Waals surface area contributed by atoms with Crippen LogP contribution in [0.3, 0.4) is 0 Å². The van der Waals surface area contributed by atoms with E-state index in [9.17, 15) is 4.79 Å². The number of alkyl halides is 1. The van der Waals surface area contributed by atoms with Gasteiger partial charge in [0.05, 0.1) is 5.69 Å². The maximum atomic E-state index is 10.9. The van der Waals surface area contributed by atoms with E-state index in [2.05, 4.69) is 20.9 Å². The molecular formula is C11H12BrNO2. The zero-order valence-corrected chi connectivity index (χ0v) is 10.0. The second-order valence-corrected chi connectivity index (χ2v) is 4.73. The summed E-state index contributed by atoms with van der Waals surface area (Å²) in [6.07, 6.45) is 3.36. The fourth-order valence-electron chi connectivity index (χ4n) is 1.87. The molecule has 0 aliphatic heterocycles. The van der Waals surface area contributed by atoms with E-state index in [0.717, 1.165) is 24.1 Å². The van der Waals surface area contributed by atoms with Crippen LogP contribution in [0, 0.1) is 0 Å². The summed E-state index contributed by atoms with van der Waals surface area (Å²) in [4.78, 5) is 15.6. The Hall–Kier alpha value is -0.900. The van der Waals surface area contributed by atoms with Crippen molar-refractivity contribution in [1.29, 1.82) is 0 Å². The van der Waals surface area contributed by atoms with Crippen molar-refractivity contribution in [2.24, 2.45) is 0 Å². The van der Waals surface area contributed by atoms with E-state index in [1.54, 1.807) is 6.20 Å². The quantitative estimate of drug-likeness (QED) is 0.581. The third-order valence-corrected chi connectivity index (χ3v) is 3.46. The Bertz CT molecular complexity index is 381. The lowest BCUT2D eigenvalue weighted by Crippen LogP contribution is -2.17. The minimum atomic E-state index is -0.246. The van der Waals surface area contributed by atoms with Crippen molar-refractivity contribution in [1.82, 2.24) is 4.98 Å². The van der Waals surface area contributed by atoms with E-state index in [1.165, 1.54) is 6.92 Å². The van der Waals surface area contributed by atoms with Crippen molar-refractivity contribution in [2.45, 2.75) is 30.7 Å². The first kappa shape index (κ1) is 10.6. The van der Waals surface area contributed by atoms with Gasteiger partial charge in [0, 0.05) is 17.9 Å². The summed E-state index contributed by atoms with van der Waals surface area (Å²) in [7, 11) is 0. The molecule has 0 bridgehead atoms. The smallest absolute Gasteiger partial charge is 0.303 e. The van der Waals surface area contributed by atoms with Gasteiger partial charge in [-0.15, -0.1) is 0 Å². The van der Waals surface area contributed by atoms with E-state index < -0.39 is 0 Å². The highest BCUT2D eigenvalue weighted by molar-refractivity contribution is 9.09. The number of hydrogen-bond acceptors (Lipinski definition) is 3. The zero-order chi connectivity index (χ0) is 10.8. The predicted octanol–water partition coefficient (Wildman–Crippen LogP) is 2.92. The van der Waals surface area contributed by atoms with Crippen molar-refractivity contribution >= 4 is 21.9 Å². The van der Waals surface area contributed by atoms with Gasteiger partial charge < -0.3 is 4.74 Å². The van der Waals surface area contributed by atoms with Gasteiger partial charge in [0.25, 0.3) is 0 Å². The van der Waals surface area contributed by atoms with Crippen LogP contribution in [-0.2, 0) is 9.53 Å².